The smallest absolute Gasteiger partial charge is 0.223 e. The van der Waals surface area contributed by atoms with Crippen molar-refractivity contribution in [3.05, 3.63) is 30.1 Å². The molecular weight excluding hydrogens is 302 g/mol. The van der Waals surface area contributed by atoms with E-state index in [2.05, 4.69) is 38.6 Å². The predicted molar refractivity (Wildman–Crippen MR) is 91.9 cm³/mol. The fourth-order valence-corrected chi connectivity index (χ4v) is 4.49. The van der Waals surface area contributed by atoms with Crippen LogP contribution < -0.4 is 21.5 Å². The van der Waals surface area contributed by atoms with Gasteiger partial charge in [0.2, 0.25) is 5.91 Å². The lowest BCUT2D eigenvalue weighted by Crippen LogP contribution is -2.49. The number of pyridine rings is 1. The summed E-state index contributed by atoms with van der Waals surface area (Å²) in [6.45, 7) is 1.98. The molecule has 1 saturated carbocycles. The molecule has 5 atom stereocenters. The van der Waals surface area contributed by atoms with Gasteiger partial charge in [0.25, 0.3) is 0 Å². The highest BCUT2D eigenvalue weighted by atomic mass is 16.1. The van der Waals surface area contributed by atoms with Crippen LogP contribution in [0, 0.1) is 11.8 Å². The molecule has 3 fully saturated rings. The van der Waals surface area contributed by atoms with Gasteiger partial charge in [-0.15, -0.1) is 0 Å². The van der Waals surface area contributed by atoms with Crippen molar-refractivity contribution in [2.24, 2.45) is 11.8 Å². The predicted octanol–water partition coefficient (Wildman–Crippen LogP) is 0.884. The van der Waals surface area contributed by atoms with E-state index in [4.69, 9.17) is 0 Å². The Morgan fingerprint density at radius 2 is 2.04 bits per heavy atom. The van der Waals surface area contributed by atoms with Crippen LogP contribution in [-0.2, 0) is 4.79 Å². The average molecular weight is 329 g/mol. The van der Waals surface area contributed by atoms with E-state index in [9.17, 15) is 4.79 Å². The lowest BCUT2D eigenvalue weighted by atomic mass is 9.74. The average Bonchev–Trinajstić information content (AvgIpc) is 3.06. The second-order valence-electron chi connectivity index (χ2n) is 7.38. The molecular formula is C18H27N5O. The minimum absolute atomic E-state index is 0.138. The third-order valence-corrected chi connectivity index (χ3v) is 5.83. The summed E-state index contributed by atoms with van der Waals surface area (Å²) in [5.74, 6) is 0.850. The zero-order valence-electron chi connectivity index (χ0n) is 14.0. The van der Waals surface area contributed by atoms with Gasteiger partial charge in [0.05, 0.1) is 6.04 Å². The molecule has 1 aromatic heterocycles. The van der Waals surface area contributed by atoms with Gasteiger partial charge in [-0.25, -0.2) is 5.43 Å². The van der Waals surface area contributed by atoms with Crippen molar-refractivity contribution < 1.29 is 4.79 Å². The van der Waals surface area contributed by atoms with Crippen LogP contribution in [0.4, 0.5) is 0 Å². The van der Waals surface area contributed by atoms with Crippen molar-refractivity contribution in [1.29, 1.82) is 0 Å². The number of hydrogen-bond acceptors (Lipinski definition) is 5. The van der Waals surface area contributed by atoms with Gasteiger partial charge in [0, 0.05) is 36.9 Å². The number of nitrogens with zero attached hydrogens (tertiary/aromatic N) is 1. The second kappa shape index (κ2) is 7.17. The van der Waals surface area contributed by atoms with E-state index in [1.807, 2.05) is 12.4 Å². The lowest BCUT2D eigenvalue weighted by molar-refractivity contribution is -0.127. The fourth-order valence-electron chi connectivity index (χ4n) is 4.49. The van der Waals surface area contributed by atoms with Crippen molar-refractivity contribution in [2.45, 2.75) is 50.2 Å². The van der Waals surface area contributed by atoms with E-state index in [0.29, 0.717) is 18.0 Å². The Bertz CT molecular complexity index is 560. The standard InChI is InChI=1S/C18H27N5O/c24-18(21-14-2-1-7-20-11-14)13-3-4-16-15(10-13)17(23-22-16)12-5-8-19-9-6-12/h5-6,8-9,13-17,20,22-23H,1-4,7,10-11H2,(H,21,24). The molecule has 1 amide bonds. The molecule has 130 valence electrons. The molecule has 1 aromatic rings. The van der Waals surface area contributed by atoms with Gasteiger partial charge in [-0.3, -0.25) is 15.2 Å². The molecule has 3 heterocycles. The Morgan fingerprint density at radius 3 is 2.83 bits per heavy atom. The maximum Gasteiger partial charge on any atom is 0.223 e. The van der Waals surface area contributed by atoms with E-state index < -0.39 is 0 Å². The Morgan fingerprint density at radius 1 is 1.17 bits per heavy atom. The van der Waals surface area contributed by atoms with Crippen LogP contribution >= 0.6 is 0 Å². The Hall–Kier alpha value is -1.50. The molecule has 4 N–H and O–H groups in total. The Labute approximate surface area is 143 Å². The first-order valence-corrected chi connectivity index (χ1v) is 9.23. The number of aromatic nitrogens is 1. The topological polar surface area (TPSA) is 78.1 Å². The van der Waals surface area contributed by atoms with E-state index in [1.54, 1.807) is 0 Å². The summed E-state index contributed by atoms with van der Waals surface area (Å²) in [6.07, 6.45) is 8.91. The maximum absolute atomic E-state index is 12.7. The molecule has 2 aliphatic heterocycles. The molecule has 4 rings (SSSR count). The van der Waals surface area contributed by atoms with Crippen LogP contribution in [0.1, 0.15) is 43.7 Å². The van der Waals surface area contributed by atoms with Gasteiger partial charge in [-0.2, -0.15) is 0 Å². The summed E-state index contributed by atoms with van der Waals surface area (Å²) in [7, 11) is 0. The number of carbonyl (C=O) groups excluding carboxylic acids is 1. The number of carbonyl (C=O) groups is 1. The highest BCUT2D eigenvalue weighted by molar-refractivity contribution is 5.79. The quantitative estimate of drug-likeness (QED) is 0.662. The zero-order valence-corrected chi connectivity index (χ0v) is 14.0. The molecule has 24 heavy (non-hydrogen) atoms. The van der Waals surface area contributed by atoms with Gasteiger partial charge in [0.1, 0.15) is 0 Å². The molecule has 6 heteroatoms. The van der Waals surface area contributed by atoms with Gasteiger partial charge >= 0.3 is 0 Å². The van der Waals surface area contributed by atoms with Crippen LogP contribution in [0.25, 0.3) is 0 Å². The fraction of sp³-hybridized carbons (Fsp3) is 0.667. The van der Waals surface area contributed by atoms with Crippen molar-refractivity contribution >= 4 is 5.91 Å². The zero-order chi connectivity index (χ0) is 16.4. The van der Waals surface area contributed by atoms with Crippen LogP contribution in [0.3, 0.4) is 0 Å². The largest absolute Gasteiger partial charge is 0.352 e. The number of nitrogens with one attached hydrogen (secondary N) is 4. The van der Waals surface area contributed by atoms with E-state index in [1.165, 1.54) is 5.56 Å². The van der Waals surface area contributed by atoms with Crippen molar-refractivity contribution in [2.75, 3.05) is 13.1 Å². The molecule has 1 aliphatic carbocycles. The number of fused-ring (bicyclic) bond motifs is 1. The summed E-state index contributed by atoms with van der Waals surface area (Å²) in [6, 6.07) is 5.17. The third-order valence-electron chi connectivity index (χ3n) is 5.83. The number of hydrogen-bond donors (Lipinski definition) is 4. The first-order chi connectivity index (χ1) is 11.8. The van der Waals surface area contributed by atoms with Gasteiger partial charge < -0.3 is 10.6 Å². The Kier molecular flexibility index (Phi) is 4.78. The summed E-state index contributed by atoms with van der Waals surface area (Å²) in [4.78, 5) is 16.8. The summed E-state index contributed by atoms with van der Waals surface area (Å²) in [5, 5.41) is 6.64. The van der Waals surface area contributed by atoms with Gasteiger partial charge in [-0.1, -0.05) is 0 Å². The second-order valence-corrected chi connectivity index (χ2v) is 7.38. The first kappa shape index (κ1) is 16.0. The highest BCUT2D eigenvalue weighted by Crippen LogP contribution is 2.40. The van der Waals surface area contributed by atoms with E-state index >= 15 is 0 Å². The third kappa shape index (κ3) is 3.31. The van der Waals surface area contributed by atoms with Crippen LogP contribution in [-0.4, -0.2) is 36.1 Å². The molecule has 3 aliphatic rings. The first-order valence-electron chi connectivity index (χ1n) is 9.23. The summed E-state index contributed by atoms with van der Waals surface area (Å²) in [5.41, 5.74) is 8.12. The van der Waals surface area contributed by atoms with Gasteiger partial charge in [-0.05, 0) is 62.3 Å². The van der Waals surface area contributed by atoms with Crippen LogP contribution in [0.15, 0.2) is 24.5 Å². The SMILES string of the molecule is O=C(NC1CCCNC1)C1CCC2NNC(c3ccncc3)C2C1. The highest BCUT2D eigenvalue weighted by Gasteiger charge is 2.42. The van der Waals surface area contributed by atoms with Gasteiger partial charge in [0.15, 0.2) is 0 Å². The molecule has 0 radical (unpaired) electrons. The van der Waals surface area contributed by atoms with E-state index in [-0.39, 0.29) is 17.9 Å². The van der Waals surface area contributed by atoms with Crippen molar-refractivity contribution in [1.82, 2.24) is 26.5 Å². The minimum atomic E-state index is 0.138. The monoisotopic (exact) mass is 329 g/mol. The van der Waals surface area contributed by atoms with E-state index in [0.717, 1.165) is 45.2 Å². The number of hydrazine groups is 1. The molecule has 5 unspecified atom stereocenters. The maximum atomic E-state index is 12.7. The summed E-state index contributed by atoms with van der Waals surface area (Å²) < 4.78 is 0. The van der Waals surface area contributed by atoms with Crippen molar-refractivity contribution in [3.8, 4) is 0 Å². The molecule has 6 nitrogen and oxygen atoms in total. The summed E-state index contributed by atoms with van der Waals surface area (Å²) >= 11 is 0. The van der Waals surface area contributed by atoms with Crippen LogP contribution in [0.5, 0.6) is 0 Å². The minimum Gasteiger partial charge on any atom is -0.352 e. The Balaban J connectivity index is 1.39. The molecule has 0 aromatic carbocycles. The lowest BCUT2D eigenvalue weighted by Gasteiger charge is -2.34. The number of piperidine rings is 1. The molecule has 0 spiro atoms. The van der Waals surface area contributed by atoms with Crippen molar-refractivity contribution in [3.63, 3.8) is 0 Å². The molecule has 0 bridgehead atoms. The number of rotatable bonds is 3. The normalized spacial score (nSPS) is 36.1. The van der Waals surface area contributed by atoms with Crippen LogP contribution in [0.2, 0.25) is 0 Å². The molecule has 2 saturated heterocycles. The number of amides is 1.